The molecule has 0 unspecified atom stereocenters. The van der Waals surface area contributed by atoms with Gasteiger partial charge in [0, 0.05) is 34.0 Å². The normalized spacial score (nSPS) is 14.8. The number of pyridine rings is 1. The van der Waals surface area contributed by atoms with Gasteiger partial charge in [0.15, 0.2) is 0 Å². The Morgan fingerprint density at radius 2 is 2.10 bits per heavy atom. The molecule has 0 saturated carbocycles. The fourth-order valence-corrected chi connectivity index (χ4v) is 1.76. The van der Waals surface area contributed by atoms with Gasteiger partial charge >= 0.3 is 0 Å². The first-order valence-electron chi connectivity index (χ1n) is 6.26. The van der Waals surface area contributed by atoms with Gasteiger partial charge in [-0.25, -0.2) is 9.99 Å². The first-order valence-corrected chi connectivity index (χ1v) is 6.26. The maximum Gasteiger partial charge on any atom is 0.271 e. The molecule has 1 aliphatic rings. The molecular weight excluding hydrogens is 258 g/mol. The van der Waals surface area contributed by atoms with Gasteiger partial charge in [-0.1, -0.05) is 0 Å². The van der Waals surface area contributed by atoms with Crippen molar-refractivity contribution in [1.29, 1.82) is 0 Å². The zero-order valence-corrected chi connectivity index (χ0v) is 11.8. The standard InChI is InChI=1S/C13H17N5O2/c1-17(2)11-6-4-9(8-14-11)15-13(20)10-5-7-12(19)18(3)16-10/h4,6,8H,5,7H2,1-3H3,(H,15,20). The molecule has 1 N–H and O–H groups in total. The van der Waals surface area contributed by atoms with Crippen LogP contribution in [0.4, 0.5) is 11.5 Å². The number of hydrazone groups is 1. The largest absolute Gasteiger partial charge is 0.363 e. The molecule has 1 aromatic heterocycles. The van der Waals surface area contributed by atoms with Crippen molar-refractivity contribution in [2.24, 2.45) is 5.10 Å². The van der Waals surface area contributed by atoms with Crippen LogP contribution in [0.3, 0.4) is 0 Å². The molecule has 7 heteroatoms. The Kier molecular flexibility index (Phi) is 3.97. The van der Waals surface area contributed by atoms with Gasteiger partial charge in [0.2, 0.25) is 5.91 Å². The van der Waals surface area contributed by atoms with Gasteiger partial charge in [0.25, 0.3) is 5.91 Å². The number of anilines is 2. The number of amides is 2. The lowest BCUT2D eigenvalue weighted by Crippen LogP contribution is -2.34. The molecule has 0 radical (unpaired) electrons. The average Bonchev–Trinajstić information content (AvgIpc) is 2.42. The molecule has 0 atom stereocenters. The van der Waals surface area contributed by atoms with Crippen LogP contribution in [0.5, 0.6) is 0 Å². The molecule has 106 valence electrons. The Morgan fingerprint density at radius 3 is 2.65 bits per heavy atom. The van der Waals surface area contributed by atoms with Gasteiger partial charge in [-0.3, -0.25) is 9.59 Å². The first-order chi connectivity index (χ1) is 9.47. The monoisotopic (exact) mass is 275 g/mol. The Balaban J connectivity index is 2.04. The third-order valence-corrected chi connectivity index (χ3v) is 2.93. The minimum absolute atomic E-state index is 0.0847. The van der Waals surface area contributed by atoms with Gasteiger partial charge < -0.3 is 10.2 Å². The number of nitrogens with one attached hydrogen (secondary N) is 1. The first kappa shape index (κ1) is 14.0. The Labute approximate surface area is 117 Å². The molecule has 0 aliphatic carbocycles. The molecule has 0 bridgehead atoms. The second-order valence-electron chi connectivity index (χ2n) is 4.72. The number of rotatable bonds is 3. The third-order valence-electron chi connectivity index (χ3n) is 2.93. The Hall–Kier alpha value is -2.44. The summed E-state index contributed by atoms with van der Waals surface area (Å²) in [5.41, 5.74) is 0.951. The van der Waals surface area contributed by atoms with E-state index in [1.807, 2.05) is 25.1 Å². The quantitative estimate of drug-likeness (QED) is 0.880. The summed E-state index contributed by atoms with van der Waals surface area (Å²) >= 11 is 0. The van der Waals surface area contributed by atoms with Crippen LogP contribution in [0.2, 0.25) is 0 Å². The van der Waals surface area contributed by atoms with E-state index >= 15 is 0 Å². The second kappa shape index (κ2) is 5.68. The van der Waals surface area contributed by atoms with Crippen LogP contribution in [0.25, 0.3) is 0 Å². The molecule has 0 fully saturated rings. The smallest absolute Gasteiger partial charge is 0.271 e. The molecule has 0 aromatic carbocycles. The van der Waals surface area contributed by atoms with E-state index in [-0.39, 0.29) is 11.8 Å². The summed E-state index contributed by atoms with van der Waals surface area (Å²) < 4.78 is 0. The van der Waals surface area contributed by atoms with Gasteiger partial charge in [0.1, 0.15) is 11.5 Å². The minimum atomic E-state index is -0.302. The number of carbonyl (C=O) groups excluding carboxylic acids is 2. The van der Waals surface area contributed by atoms with Crippen LogP contribution in [0.1, 0.15) is 12.8 Å². The number of hydrogen-bond donors (Lipinski definition) is 1. The van der Waals surface area contributed by atoms with E-state index in [0.717, 1.165) is 5.82 Å². The van der Waals surface area contributed by atoms with E-state index in [2.05, 4.69) is 15.4 Å². The SMILES string of the molecule is CN1N=C(C(=O)Nc2ccc(N(C)C)nc2)CCC1=O. The summed E-state index contributed by atoms with van der Waals surface area (Å²) in [6.45, 7) is 0. The lowest BCUT2D eigenvalue weighted by Gasteiger charge is -2.19. The van der Waals surface area contributed by atoms with E-state index in [1.54, 1.807) is 19.3 Å². The highest BCUT2D eigenvalue weighted by Crippen LogP contribution is 2.13. The number of carbonyl (C=O) groups is 2. The predicted molar refractivity (Wildman–Crippen MR) is 76.6 cm³/mol. The molecule has 1 aromatic rings. The fraction of sp³-hybridized carbons (Fsp3) is 0.385. The van der Waals surface area contributed by atoms with E-state index in [1.165, 1.54) is 5.01 Å². The lowest BCUT2D eigenvalue weighted by molar-refractivity contribution is -0.130. The van der Waals surface area contributed by atoms with E-state index in [4.69, 9.17) is 0 Å². The molecule has 7 nitrogen and oxygen atoms in total. The van der Waals surface area contributed by atoms with Gasteiger partial charge in [0.05, 0.1) is 11.9 Å². The summed E-state index contributed by atoms with van der Waals surface area (Å²) in [5, 5.41) is 7.89. The number of aromatic nitrogens is 1. The fourth-order valence-electron chi connectivity index (χ4n) is 1.76. The van der Waals surface area contributed by atoms with Crippen LogP contribution in [0.15, 0.2) is 23.4 Å². The summed E-state index contributed by atoms with van der Waals surface area (Å²) in [5.74, 6) is 0.422. The summed E-state index contributed by atoms with van der Waals surface area (Å²) in [6, 6.07) is 3.59. The summed E-state index contributed by atoms with van der Waals surface area (Å²) in [4.78, 5) is 29.4. The molecule has 2 rings (SSSR count). The Bertz CT molecular complexity index is 550. The van der Waals surface area contributed by atoms with Crippen molar-refractivity contribution in [3.8, 4) is 0 Å². The van der Waals surface area contributed by atoms with Gasteiger partial charge in [-0.15, -0.1) is 0 Å². The van der Waals surface area contributed by atoms with Crippen molar-refractivity contribution < 1.29 is 9.59 Å². The van der Waals surface area contributed by atoms with Crippen LogP contribution < -0.4 is 10.2 Å². The van der Waals surface area contributed by atoms with Crippen molar-refractivity contribution in [2.75, 3.05) is 31.4 Å². The molecular formula is C13H17N5O2. The van der Waals surface area contributed by atoms with Crippen LogP contribution in [-0.4, -0.2) is 48.7 Å². The molecule has 0 saturated heterocycles. The molecule has 1 aliphatic heterocycles. The van der Waals surface area contributed by atoms with Crippen LogP contribution in [-0.2, 0) is 9.59 Å². The minimum Gasteiger partial charge on any atom is -0.363 e. The van der Waals surface area contributed by atoms with Gasteiger partial charge in [-0.05, 0) is 12.1 Å². The van der Waals surface area contributed by atoms with Crippen molar-refractivity contribution in [1.82, 2.24) is 9.99 Å². The molecule has 2 heterocycles. The predicted octanol–water partition coefficient (Wildman–Crippen LogP) is 0.694. The second-order valence-corrected chi connectivity index (χ2v) is 4.72. The number of hydrogen-bond acceptors (Lipinski definition) is 5. The van der Waals surface area contributed by atoms with Crippen molar-refractivity contribution in [3.63, 3.8) is 0 Å². The maximum absolute atomic E-state index is 12.0. The van der Waals surface area contributed by atoms with Crippen molar-refractivity contribution in [3.05, 3.63) is 18.3 Å². The number of nitrogens with zero attached hydrogens (tertiary/aromatic N) is 4. The van der Waals surface area contributed by atoms with E-state index in [9.17, 15) is 9.59 Å². The summed E-state index contributed by atoms with van der Waals surface area (Å²) in [7, 11) is 5.33. The maximum atomic E-state index is 12.0. The van der Waals surface area contributed by atoms with Crippen LogP contribution in [0, 0.1) is 0 Å². The summed E-state index contributed by atoms with van der Waals surface area (Å²) in [6.07, 6.45) is 2.25. The van der Waals surface area contributed by atoms with E-state index in [0.29, 0.717) is 24.2 Å². The van der Waals surface area contributed by atoms with Crippen molar-refractivity contribution >= 4 is 29.0 Å². The van der Waals surface area contributed by atoms with Crippen molar-refractivity contribution in [2.45, 2.75) is 12.8 Å². The molecule has 0 spiro atoms. The van der Waals surface area contributed by atoms with E-state index < -0.39 is 0 Å². The zero-order valence-electron chi connectivity index (χ0n) is 11.8. The highest BCUT2D eigenvalue weighted by Gasteiger charge is 2.21. The molecule has 2 amide bonds. The molecule has 20 heavy (non-hydrogen) atoms. The highest BCUT2D eigenvalue weighted by molar-refractivity contribution is 6.43. The Morgan fingerprint density at radius 1 is 1.35 bits per heavy atom. The zero-order chi connectivity index (χ0) is 14.7. The third kappa shape index (κ3) is 3.11. The average molecular weight is 275 g/mol. The highest BCUT2D eigenvalue weighted by atomic mass is 16.2. The lowest BCUT2D eigenvalue weighted by atomic mass is 10.1. The van der Waals surface area contributed by atoms with Crippen LogP contribution >= 0.6 is 0 Å². The van der Waals surface area contributed by atoms with Gasteiger partial charge in [-0.2, -0.15) is 5.10 Å². The topological polar surface area (TPSA) is 77.9 Å².